The summed E-state index contributed by atoms with van der Waals surface area (Å²) in [6, 6.07) is 14.1. The van der Waals surface area contributed by atoms with Crippen LogP contribution in [0.15, 0.2) is 59.4 Å². The van der Waals surface area contributed by atoms with Gasteiger partial charge in [-0.25, -0.2) is 0 Å². The first kappa shape index (κ1) is 18.3. The van der Waals surface area contributed by atoms with E-state index in [-0.39, 0.29) is 11.3 Å². The van der Waals surface area contributed by atoms with E-state index in [9.17, 15) is 4.79 Å². The van der Waals surface area contributed by atoms with E-state index in [1.165, 1.54) is 5.56 Å². The minimum Gasteiger partial charge on any atom is -0.497 e. The molecule has 2 aliphatic rings. The van der Waals surface area contributed by atoms with Crippen LogP contribution in [0, 0.1) is 0 Å². The number of nitrogens with zero attached hydrogens (tertiary/aromatic N) is 3. The summed E-state index contributed by atoms with van der Waals surface area (Å²) >= 11 is 1.56. The summed E-state index contributed by atoms with van der Waals surface area (Å²) in [7, 11) is 1.69. The zero-order chi connectivity index (χ0) is 19.8. The lowest BCUT2D eigenvalue weighted by Gasteiger charge is -2.25. The third kappa shape index (κ3) is 3.22. The average Bonchev–Trinajstić information content (AvgIpc) is 3.49. The van der Waals surface area contributed by atoms with Crippen LogP contribution in [-0.2, 0) is 12.0 Å². The number of hydrogen-bond acceptors (Lipinski definition) is 5. The Morgan fingerprint density at radius 3 is 2.83 bits per heavy atom. The second-order valence-electron chi connectivity index (χ2n) is 7.86. The number of anilines is 1. The summed E-state index contributed by atoms with van der Waals surface area (Å²) in [6.45, 7) is 3.51. The lowest BCUT2D eigenvalue weighted by Crippen LogP contribution is -2.39. The number of hydrogen-bond donors (Lipinski definition) is 0. The Labute approximate surface area is 174 Å². The molecule has 2 aliphatic heterocycles. The van der Waals surface area contributed by atoms with Crippen molar-refractivity contribution < 1.29 is 9.53 Å². The molecule has 1 fully saturated rings. The van der Waals surface area contributed by atoms with Crippen molar-refractivity contribution in [2.45, 2.75) is 18.4 Å². The highest BCUT2D eigenvalue weighted by Gasteiger charge is 2.49. The number of likely N-dealkylation sites (tertiary alicyclic amines) is 1. The number of aromatic nitrogens is 1. The van der Waals surface area contributed by atoms with Crippen LogP contribution >= 0.6 is 11.3 Å². The maximum Gasteiger partial charge on any atom is 0.259 e. The van der Waals surface area contributed by atoms with Gasteiger partial charge in [-0.1, -0.05) is 12.1 Å². The average molecular weight is 406 g/mol. The number of ether oxygens (including phenoxy) is 1. The van der Waals surface area contributed by atoms with Crippen LogP contribution in [0.5, 0.6) is 5.75 Å². The summed E-state index contributed by atoms with van der Waals surface area (Å²) in [5.41, 5.74) is 3.98. The maximum atomic E-state index is 13.1. The van der Waals surface area contributed by atoms with Gasteiger partial charge in [0.1, 0.15) is 5.75 Å². The van der Waals surface area contributed by atoms with Gasteiger partial charge in [-0.3, -0.25) is 14.7 Å². The highest BCUT2D eigenvalue weighted by molar-refractivity contribution is 7.08. The van der Waals surface area contributed by atoms with Gasteiger partial charge < -0.3 is 9.64 Å². The topological polar surface area (TPSA) is 45.7 Å². The van der Waals surface area contributed by atoms with E-state index in [2.05, 4.69) is 17.0 Å². The van der Waals surface area contributed by atoms with E-state index in [1.807, 2.05) is 52.2 Å². The van der Waals surface area contributed by atoms with Crippen molar-refractivity contribution in [1.29, 1.82) is 0 Å². The van der Waals surface area contributed by atoms with Gasteiger partial charge in [0.25, 0.3) is 5.91 Å². The number of benzene rings is 1. The zero-order valence-corrected chi connectivity index (χ0v) is 17.2. The molecule has 1 aromatic carbocycles. The van der Waals surface area contributed by atoms with E-state index >= 15 is 0 Å². The third-order valence-corrected chi connectivity index (χ3v) is 6.73. The van der Waals surface area contributed by atoms with Crippen molar-refractivity contribution in [3.8, 4) is 5.75 Å². The summed E-state index contributed by atoms with van der Waals surface area (Å²) in [5, 5.41) is 3.88. The number of thiophene rings is 1. The minimum atomic E-state index is -0.0885. The molecule has 148 valence electrons. The van der Waals surface area contributed by atoms with E-state index in [0.29, 0.717) is 6.54 Å². The van der Waals surface area contributed by atoms with Crippen LogP contribution in [0.3, 0.4) is 0 Å². The Morgan fingerprint density at radius 1 is 1.21 bits per heavy atom. The highest BCUT2D eigenvalue weighted by atomic mass is 32.1. The molecule has 1 unspecified atom stereocenters. The number of rotatable bonds is 4. The SMILES string of the molecule is COc1ccc(CN2CCC3(C2)CN(C(=O)c2ccsc2)c2cccnc23)cc1. The van der Waals surface area contributed by atoms with Gasteiger partial charge in [-0.2, -0.15) is 11.3 Å². The normalized spacial score (nSPS) is 20.9. The molecule has 2 aromatic heterocycles. The molecule has 1 amide bonds. The van der Waals surface area contributed by atoms with Crippen LogP contribution in [0.4, 0.5) is 5.69 Å². The first-order valence-electron chi connectivity index (χ1n) is 9.83. The van der Waals surface area contributed by atoms with Gasteiger partial charge in [0.05, 0.1) is 24.1 Å². The molecule has 1 spiro atoms. The van der Waals surface area contributed by atoms with Crippen LogP contribution in [0.2, 0.25) is 0 Å². The van der Waals surface area contributed by atoms with E-state index in [0.717, 1.165) is 48.7 Å². The van der Waals surface area contributed by atoms with Gasteiger partial charge >= 0.3 is 0 Å². The molecule has 3 aromatic rings. The molecule has 29 heavy (non-hydrogen) atoms. The van der Waals surface area contributed by atoms with E-state index in [4.69, 9.17) is 9.72 Å². The van der Waals surface area contributed by atoms with Gasteiger partial charge in [-0.05, 0) is 54.2 Å². The molecule has 0 saturated carbocycles. The molecule has 0 bridgehead atoms. The molecule has 5 nitrogen and oxygen atoms in total. The van der Waals surface area contributed by atoms with Crippen LogP contribution < -0.4 is 9.64 Å². The summed E-state index contributed by atoms with van der Waals surface area (Å²) in [6.07, 6.45) is 2.87. The van der Waals surface area contributed by atoms with E-state index < -0.39 is 0 Å². The summed E-state index contributed by atoms with van der Waals surface area (Å²) < 4.78 is 5.26. The number of pyridine rings is 1. The highest BCUT2D eigenvalue weighted by Crippen LogP contribution is 2.45. The Bertz CT molecular complexity index is 1020. The molecule has 0 N–H and O–H groups in total. The quantitative estimate of drug-likeness (QED) is 0.659. The predicted molar refractivity (Wildman–Crippen MR) is 115 cm³/mol. The van der Waals surface area contributed by atoms with Crippen LogP contribution in [0.25, 0.3) is 0 Å². The molecule has 6 heteroatoms. The van der Waals surface area contributed by atoms with Crippen molar-refractivity contribution in [1.82, 2.24) is 9.88 Å². The lowest BCUT2D eigenvalue weighted by atomic mass is 9.85. The fraction of sp³-hybridized carbons (Fsp3) is 0.304. The molecule has 1 atom stereocenters. The fourth-order valence-corrected chi connectivity index (χ4v) is 5.24. The third-order valence-electron chi connectivity index (χ3n) is 6.05. The molecule has 0 radical (unpaired) electrons. The Balaban J connectivity index is 1.38. The first-order chi connectivity index (χ1) is 14.2. The smallest absolute Gasteiger partial charge is 0.259 e. The molecular weight excluding hydrogens is 382 g/mol. The monoisotopic (exact) mass is 405 g/mol. The first-order valence-corrected chi connectivity index (χ1v) is 10.8. The second-order valence-corrected chi connectivity index (χ2v) is 8.64. The molecule has 5 rings (SSSR count). The number of carbonyl (C=O) groups is 1. The Kier molecular flexibility index (Phi) is 4.60. The van der Waals surface area contributed by atoms with Gasteiger partial charge in [-0.15, -0.1) is 0 Å². The fourth-order valence-electron chi connectivity index (χ4n) is 4.61. The molecule has 0 aliphatic carbocycles. The van der Waals surface area contributed by atoms with Gasteiger partial charge in [0.2, 0.25) is 0 Å². The maximum absolute atomic E-state index is 13.1. The molecule has 1 saturated heterocycles. The number of amides is 1. The lowest BCUT2D eigenvalue weighted by molar-refractivity contribution is 0.0985. The summed E-state index contributed by atoms with van der Waals surface area (Å²) in [5.74, 6) is 0.953. The number of carbonyl (C=O) groups excluding carboxylic acids is 1. The van der Waals surface area contributed by atoms with Crippen molar-refractivity contribution in [3.05, 3.63) is 76.2 Å². The number of methoxy groups -OCH3 is 1. The second kappa shape index (κ2) is 7.28. The largest absolute Gasteiger partial charge is 0.497 e. The Hall–Kier alpha value is -2.70. The number of fused-ring (bicyclic) bond motifs is 2. The zero-order valence-electron chi connectivity index (χ0n) is 16.4. The van der Waals surface area contributed by atoms with Crippen LogP contribution in [-0.4, -0.2) is 42.5 Å². The minimum absolute atomic E-state index is 0.0750. The standard InChI is InChI=1S/C23H23N3O2S/c1-28-19-6-4-17(5-7-19)13-25-11-9-23(15-25)16-26(20-3-2-10-24-21(20)23)22(27)18-8-12-29-14-18/h2-8,10,12,14H,9,11,13,15-16H2,1H3. The van der Waals surface area contributed by atoms with Gasteiger partial charge in [0, 0.05) is 36.6 Å². The van der Waals surface area contributed by atoms with Gasteiger partial charge in [0.15, 0.2) is 0 Å². The molecule has 4 heterocycles. The van der Waals surface area contributed by atoms with E-state index in [1.54, 1.807) is 18.4 Å². The summed E-state index contributed by atoms with van der Waals surface area (Å²) in [4.78, 5) is 22.3. The van der Waals surface area contributed by atoms with Crippen LogP contribution in [0.1, 0.15) is 28.0 Å². The van der Waals surface area contributed by atoms with Crippen molar-refractivity contribution in [2.75, 3.05) is 31.6 Å². The van der Waals surface area contributed by atoms with Crippen molar-refractivity contribution in [2.24, 2.45) is 0 Å². The predicted octanol–water partition coefficient (Wildman–Crippen LogP) is 3.96. The Morgan fingerprint density at radius 2 is 2.07 bits per heavy atom. The van der Waals surface area contributed by atoms with Crippen molar-refractivity contribution >= 4 is 22.9 Å². The van der Waals surface area contributed by atoms with Crippen molar-refractivity contribution in [3.63, 3.8) is 0 Å². The molecular formula is C23H23N3O2S.